The largest absolute Gasteiger partial charge is 0.508 e. The summed E-state index contributed by atoms with van der Waals surface area (Å²) >= 11 is 0. The molecule has 2 heterocycles. The smallest absolute Gasteiger partial charge is 0.227 e. The van der Waals surface area contributed by atoms with Crippen LogP contribution in [0.5, 0.6) is 11.5 Å². The molecule has 3 aromatic rings. The van der Waals surface area contributed by atoms with Gasteiger partial charge in [0.25, 0.3) is 0 Å². The molecule has 9 heteroatoms. The van der Waals surface area contributed by atoms with Crippen molar-refractivity contribution in [3.8, 4) is 11.5 Å². The molecule has 0 aliphatic heterocycles. The van der Waals surface area contributed by atoms with E-state index in [2.05, 4.69) is 39.4 Å². The number of nitrogens with zero attached hydrogens (tertiary/aromatic N) is 4. The summed E-state index contributed by atoms with van der Waals surface area (Å²) in [4.78, 5) is 13.7. The minimum Gasteiger partial charge on any atom is -0.508 e. The Balaban J connectivity index is 1.97. The van der Waals surface area contributed by atoms with Gasteiger partial charge < -0.3 is 30.2 Å². The molecule has 0 saturated carbocycles. The molecule has 1 unspecified atom stereocenters. The van der Waals surface area contributed by atoms with Crippen molar-refractivity contribution in [1.29, 1.82) is 0 Å². The molecule has 156 valence electrons. The zero-order chi connectivity index (χ0) is 21.0. The van der Waals surface area contributed by atoms with E-state index < -0.39 is 0 Å². The third kappa shape index (κ3) is 4.51. The standard InChI is InChI=1S/C20H28N6O3/c1-5-14(10-27)23-20-24-18(17-19(25-20)26(11-22-17)12(2)3)21-9-13-8-15(29-4)6-7-16(13)28/h6-8,11-12,14,27-28H,5,9-10H2,1-4H3,(H2,21,23,24,25). The van der Waals surface area contributed by atoms with Gasteiger partial charge in [-0.2, -0.15) is 9.97 Å². The second-order valence-corrected chi connectivity index (χ2v) is 7.09. The first kappa shape index (κ1) is 20.7. The Morgan fingerprint density at radius 1 is 1.24 bits per heavy atom. The zero-order valence-corrected chi connectivity index (χ0v) is 17.2. The van der Waals surface area contributed by atoms with Crippen molar-refractivity contribution in [2.45, 2.75) is 45.8 Å². The van der Waals surface area contributed by atoms with Gasteiger partial charge >= 0.3 is 0 Å². The van der Waals surface area contributed by atoms with Crippen LogP contribution in [0.15, 0.2) is 24.5 Å². The molecule has 2 aromatic heterocycles. The van der Waals surface area contributed by atoms with E-state index in [9.17, 15) is 10.2 Å². The number of anilines is 2. The Kier molecular flexibility index (Phi) is 6.38. The van der Waals surface area contributed by atoms with Crippen LogP contribution < -0.4 is 15.4 Å². The summed E-state index contributed by atoms with van der Waals surface area (Å²) < 4.78 is 7.20. The number of methoxy groups -OCH3 is 1. The number of rotatable bonds is 9. The van der Waals surface area contributed by atoms with Crippen LogP contribution in [0.1, 0.15) is 38.8 Å². The maximum atomic E-state index is 10.1. The zero-order valence-electron chi connectivity index (χ0n) is 17.2. The molecular formula is C20H28N6O3. The molecule has 0 spiro atoms. The molecular weight excluding hydrogens is 372 g/mol. The third-order valence-corrected chi connectivity index (χ3v) is 4.76. The van der Waals surface area contributed by atoms with Crippen LogP contribution in [0.3, 0.4) is 0 Å². The van der Waals surface area contributed by atoms with Gasteiger partial charge in [-0.25, -0.2) is 4.98 Å². The van der Waals surface area contributed by atoms with Gasteiger partial charge in [0.15, 0.2) is 17.0 Å². The van der Waals surface area contributed by atoms with Crippen molar-refractivity contribution >= 4 is 22.9 Å². The van der Waals surface area contributed by atoms with Gasteiger partial charge in [0.2, 0.25) is 5.95 Å². The molecule has 1 aromatic carbocycles. The number of phenolic OH excluding ortho intramolecular Hbond substituents is 1. The van der Waals surface area contributed by atoms with Crippen LogP contribution >= 0.6 is 0 Å². The number of phenols is 1. The van der Waals surface area contributed by atoms with Crippen molar-refractivity contribution in [3.05, 3.63) is 30.1 Å². The predicted octanol–water partition coefficient (Wildman–Crippen LogP) is 2.92. The number of aliphatic hydroxyl groups excluding tert-OH is 1. The Morgan fingerprint density at radius 3 is 2.69 bits per heavy atom. The molecule has 29 heavy (non-hydrogen) atoms. The topological polar surface area (TPSA) is 117 Å². The first-order valence-electron chi connectivity index (χ1n) is 9.68. The second kappa shape index (κ2) is 8.95. The molecule has 0 saturated heterocycles. The van der Waals surface area contributed by atoms with E-state index in [0.29, 0.717) is 40.8 Å². The van der Waals surface area contributed by atoms with E-state index in [1.165, 1.54) is 0 Å². The molecule has 0 aliphatic rings. The molecule has 3 rings (SSSR count). The van der Waals surface area contributed by atoms with Gasteiger partial charge in [-0.1, -0.05) is 6.92 Å². The molecule has 1 atom stereocenters. The number of hydrogen-bond acceptors (Lipinski definition) is 8. The van der Waals surface area contributed by atoms with Crippen molar-refractivity contribution in [2.75, 3.05) is 24.4 Å². The van der Waals surface area contributed by atoms with Crippen LogP contribution in [0.25, 0.3) is 11.2 Å². The fourth-order valence-electron chi connectivity index (χ4n) is 2.95. The summed E-state index contributed by atoms with van der Waals surface area (Å²) in [6.45, 7) is 6.41. The van der Waals surface area contributed by atoms with E-state index in [1.807, 2.05) is 11.5 Å². The fraction of sp³-hybridized carbons (Fsp3) is 0.450. The lowest BCUT2D eigenvalue weighted by molar-refractivity contribution is 0.271. The highest BCUT2D eigenvalue weighted by Crippen LogP contribution is 2.27. The number of fused-ring (bicyclic) bond motifs is 1. The normalized spacial score (nSPS) is 12.3. The van der Waals surface area contributed by atoms with Gasteiger partial charge in [0.05, 0.1) is 26.1 Å². The Bertz CT molecular complexity index is 968. The minimum absolute atomic E-state index is 0.0121. The molecule has 4 N–H and O–H groups in total. The quantitative estimate of drug-likeness (QED) is 0.433. The van der Waals surface area contributed by atoms with E-state index >= 15 is 0 Å². The Morgan fingerprint density at radius 2 is 2.03 bits per heavy atom. The lowest BCUT2D eigenvalue weighted by Crippen LogP contribution is -2.24. The summed E-state index contributed by atoms with van der Waals surface area (Å²) in [5.74, 6) is 1.79. The van der Waals surface area contributed by atoms with Crippen molar-refractivity contribution in [3.63, 3.8) is 0 Å². The first-order chi connectivity index (χ1) is 14.0. The molecule has 9 nitrogen and oxygen atoms in total. The highest BCUT2D eigenvalue weighted by Gasteiger charge is 2.17. The van der Waals surface area contributed by atoms with Crippen molar-refractivity contribution < 1.29 is 14.9 Å². The van der Waals surface area contributed by atoms with E-state index in [-0.39, 0.29) is 24.4 Å². The van der Waals surface area contributed by atoms with E-state index in [4.69, 9.17) is 4.74 Å². The molecule has 0 fully saturated rings. The summed E-state index contributed by atoms with van der Waals surface area (Å²) in [7, 11) is 1.58. The Labute approximate surface area is 169 Å². The van der Waals surface area contributed by atoms with Crippen LogP contribution in [0.4, 0.5) is 11.8 Å². The summed E-state index contributed by atoms with van der Waals surface area (Å²) in [6.07, 6.45) is 2.48. The van der Waals surface area contributed by atoms with E-state index in [0.717, 1.165) is 6.42 Å². The summed E-state index contributed by atoms with van der Waals surface area (Å²) in [5.41, 5.74) is 2.02. The van der Waals surface area contributed by atoms with Gasteiger partial charge in [-0.15, -0.1) is 0 Å². The molecule has 0 radical (unpaired) electrons. The number of aliphatic hydroxyl groups is 1. The third-order valence-electron chi connectivity index (χ3n) is 4.76. The lowest BCUT2D eigenvalue weighted by atomic mass is 10.2. The van der Waals surface area contributed by atoms with Crippen LogP contribution in [0.2, 0.25) is 0 Å². The number of imidazole rings is 1. The average Bonchev–Trinajstić information content (AvgIpc) is 3.15. The molecule has 0 amide bonds. The Hall–Kier alpha value is -3.07. The van der Waals surface area contributed by atoms with Crippen LogP contribution in [-0.4, -0.2) is 49.5 Å². The van der Waals surface area contributed by atoms with E-state index in [1.54, 1.807) is 31.6 Å². The number of aromatic nitrogens is 4. The van der Waals surface area contributed by atoms with Crippen LogP contribution in [0, 0.1) is 0 Å². The van der Waals surface area contributed by atoms with Gasteiger partial charge in [-0.05, 0) is 38.5 Å². The highest BCUT2D eigenvalue weighted by molar-refractivity contribution is 5.84. The number of hydrogen-bond donors (Lipinski definition) is 4. The minimum atomic E-state index is -0.141. The van der Waals surface area contributed by atoms with Gasteiger partial charge in [0.1, 0.15) is 11.5 Å². The maximum Gasteiger partial charge on any atom is 0.227 e. The number of ether oxygens (including phenoxy) is 1. The number of nitrogens with one attached hydrogen (secondary N) is 2. The first-order valence-corrected chi connectivity index (χ1v) is 9.68. The predicted molar refractivity (Wildman–Crippen MR) is 112 cm³/mol. The van der Waals surface area contributed by atoms with Gasteiger partial charge in [0, 0.05) is 18.2 Å². The molecule has 0 aliphatic carbocycles. The average molecular weight is 400 g/mol. The fourth-order valence-corrected chi connectivity index (χ4v) is 2.95. The second-order valence-electron chi connectivity index (χ2n) is 7.09. The number of benzene rings is 1. The number of aromatic hydroxyl groups is 1. The lowest BCUT2D eigenvalue weighted by Gasteiger charge is -2.16. The highest BCUT2D eigenvalue weighted by atomic mass is 16.5. The van der Waals surface area contributed by atoms with Crippen molar-refractivity contribution in [1.82, 2.24) is 19.5 Å². The summed E-state index contributed by atoms with van der Waals surface area (Å²) in [6, 6.07) is 5.11. The van der Waals surface area contributed by atoms with Crippen molar-refractivity contribution in [2.24, 2.45) is 0 Å². The monoisotopic (exact) mass is 400 g/mol. The van der Waals surface area contributed by atoms with Crippen LogP contribution in [-0.2, 0) is 6.54 Å². The SMILES string of the molecule is CCC(CO)Nc1nc(NCc2cc(OC)ccc2O)c2ncn(C(C)C)c2n1. The summed E-state index contributed by atoms with van der Waals surface area (Å²) in [5, 5.41) is 26.1. The molecule has 0 bridgehead atoms. The van der Waals surface area contributed by atoms with Gasteiger partial charge in [-0.3, -0.25) is 0 Å². The maximum absolute atomic E-state index is 10.1.